The average molecular weight is 266 g/mol. The third-order valence-corrected chi connectivity index (χ3v) is 3.00. The van der Waals surface area contributed by atoms with E-state index in [1.807, 2.05) is 6.92 Å². The predicted octanol–water partition coefficient (Wildman–Crippen LogP) is 1.23. The Balaban J connectivity index is 1.95. The normalized spacial score (nSPS) is 14.2. The Labute approximate surface area is 111 Å². The largest absolute Gasteiger partial charge is 0.480 e. The number of nitrogens with zero attached hydrogens (tertiary/aromatic N) is 3. The number of rotatable bonds is 6. The summed E-state index contributed by atoms with van der Waals surface area (Å²) in [6.07, 6.45) is 5.40. The summed E-state index contributed by atoms with van der Waals surface area (Å²) in [7, 11) is 0. The zero-order valence-electron chi connectivity index (χ0n) is 10.9. The molecule has 0 spiro atoms. The van der Waals surface area contributed by atoms with Gasteiger partial charge in [0.25, 0.3) is 0 Å². The summed E-state index contributed by atoms with van der Waals surface area (Å²) in [5, 5.41) is 15.6. The lowest BCUT2D eigenvalue weighted by molar-refractivity contribution is -0.137. The molecule has 19 heavy (non-hydrogen) atoms. The Bertz CT molecular complexity index is 467. The number of aliphatic carboxylic acids is 1. The molecule has 0 aromatic carbocycles. The number of hydrogen-bond acceptors (Lipinski definition) is 3. The molecular weight excluding hydrogens is 248 g/mol. The Morgan fingerprint density at radius 2 is 2.32 bits per heavy atom. The molecule has 1 heterocycles. The standard InChI is InChI=1S/C12H18N4O3/c1-2-16-7-10(5-13-16)14-12(19)15(8-11(17)18)6-9-3-4-9/h5,7,9H,2-4,6,8H2,1H3,(H,14,19)(H,17,18). The number of carboxylic acid groups (broad SMARTS) is 1. The molecule has 104 valence electrons. The van der Waals surface area contributed by atoms with Crippen LogP contribution in [0.5, 0.6) is 0 Å². The van der Waals surface area contributed by atoms with Crippen LogP contribution in [0, 0.1) is 5.92 Å². The van der Waals surface area contributed by atoms with E-state index < -0.39 is 5.97 Å². The van der Waals surface area contributed by atoms with Crippen molar-refractivity contribution in [1.82, 2.24) is 14.7 Å². The molecule has 2 rings (SSSR count). The molecule has 0 radical (unpaired) electrons. The number of carbonyl (C=O) groups is 2. The summed E-state index contributed by atoms with van der Waals surface area (Å²) in [5.41, 5.74) is 0.582. The fourth-order valence-electron chi connectivity index (χ4n) is 1.80. The molecule has 1 aliphatic rings. The van der Waals surface area contributed by atoms with Gasteiger partial charge in [-0.3, -0.25) is 9.48 Å². The van der Waals surface area contributed by atoms with Crippen molar-refractivity contribution in [3.8, 4) is 0 Å². The van der Waals surface area contributed by atoms with E-state index in [0.29, 0.717) is 18.2 Å². The molecule has 0 bridgehead atoms. The maximum atomic E-state index is 12.0. The SMILES string of the molecule is CCn1cc(NC(=O)N(CC(=O)O)CC2CC2)cn1. The van der Waals surface area contributed by atoms with Gasteiger partial charge in [-0.05, 0) is 25.7 Å². The number of urea groups is 1. The van der Waals surface area contributed by atoms with Gasteiger partial charge in [0.15, 0.2) is 0 Å². The second-order valence-electron chi connectivity index (χ2n) is 4.73. The summed E-state index contributed by atoms with van der Waals surface area (Å²) >= 11 is 0. The van der Waals surface area contributed by atoms with Gasteiger partial charge < -0.3 is 15.3 Å². The van der Waals surface area contributed by atoms with Crippen LogP contribution in [0.2, 0.25) is 0 Å². The van der Waals surface area contributed by atoms with E-state index in [2.05, 4.69) is 10.4 Å². The summed E-state index contributed by atoms with van der Waals surface area (Å²) in [4.78, 5) is 24.1. The Kier molecular flexibility index (Phi) is 4.03. The van der Waals surface area contributed by atoms with Crippen LogP contribution < -0.4 is 5.32 Å². The van der Waals surface area contributed by atoms with Crippen molar-refractivity contribution in [2.24, 2.45) is 5.92 Å². The van der Waals surface area contributed by atoms with Crippen molar-refractivity contribution in [1.29, 1.82) is 0 Å². The molecular formula is C12H18N4O3. The number of carboxylic acids is 1. The second kappa shape index (κ2) is 5.73. The molecule has 2 amide bonds. The van der Waals surface area contributed by atoms with Crippen molar-refractivity contribution in [2.75, 3.05) is 18.4 Å². The summed E-state index contributed by atoms with van der Waals surface area (Å²) in [6.45, 7) is 2.89. The smallest absolute Gasteiger partial charge is 0.323 e. The van der Waals surface area contributed by atoms with Crippen LogP contribution in [0.15, 0.2) is 12.4 Å². The van der Waals surface area contributed by atoms with Crippen LogP contribution in [0.4, 0.5) is 10.5 Å². The lowest BCUT2D eigenvalue weighted by atomic mass is 10.3. The first-order valence-corrected chi connectivity index (χ1v) is 6.38. The average Bonchev–Trinajstić information content (AvgIpc) is 3.05. The summed E-state index contributed by atoms with van der Waals surface area (Å²) in [6, 6.07) is -0.384. The van der Waals surface area contributed by atoms with E-state index >= 15 is 0 Å². The Hall–Kier alpha value is -2.05. The summed E-state index contributed by atoms with van der Waals surface area (Å²) < 4.78 is 1.69. The molecule has 1 fully saturated rings. The molecule has 1 saturated carbocycles. The van der Waals surface area contributed by atoms with Gasteiger partial charge in [-0.1, -0.05) is 0 Å². The third-order valence-electron chi connectivity index (χ3n) is 3.00. The van der Waals surface area contributed by atoms with Crippen molar-refractivity contribution in [2.45, 2.75) is 26.3 Å². The van der Waals surface area contributed by atoms with Gasteiger partial charge in [0.2, 0.25) is 0 Å². The van der Waals surface area contributed by atoms with Gasteiger partial charge in [-0.15, -0.1) is 0 Å². The zero-order chi connectivity index (χ0) is 13.8. The van der Waals surface area contributed by atoms with E-state index in [-0.39, 0.29) is 12.6 Å². The Morgan fingerprint density at radius 3 is 2.84 bits per heavy atom. The van der Waals surface area contributed by atoms with Crippen LogP contribution in [0.1, 0.15) is 19.8 Å². The van der Waals surface area contributed by atoms with Crippen LogP contribution in [0.25, 0.3) is 0 Å². The van der Waals surface area contributed by atoms with Crippen LogP contribution in [0.3, 0.4) is 0 Å². The minimum absolute atomic E-state index is 0.274. The highest BCUT2D eigenvalue weighted by Crippen LogP contribution is 2.29. The fraction of sp³-hybridized carbons (Fsp3) is 0.583. The van der Waals surface area contributed by atoms with E-state index in [9.17, 15) is 9.59 Å². The molecule has 0 saturated heterocycles. The number of aryl methyl sites for hydroxylation is 1. The third kappa shape index (κ3) is 3.97. The first kappa shape index (κ1) is 13.4. The first-order valence-electron chi connectivity index (χ1n) is 6.38. The number of aromatic nitrogens is 2. The number of amides is 2. The van der Waals surface area contributed by atoms with Gasteiger partial charge in [-0.2, -0.15) is 5.10 Å². The molecule has 0 aliphatic heterocycles. The second-order valence-corrected chi connectivity index (χ2v) is 4.73. The topological polar surface area (TPSA) is 87.5 Å². The monoisotopic (exact) mass is 266 g/mol. The van der Waals surface area contributed by atoms with Crippen LogP contribution >= 0.6 is 0 Å². The van der Waals surface area contributed by atoms with Crippen LogP contribution in [-0.4, -0.2) is 44.9 Å². The van der Waals surface area contributed by atoms with E-state index in [0.717, 1.165) is 19.4 Å². The van der Waals surface area contributed by atoms with Crippen LogP contribution in [-0.2, 0) is 11.3 Å². The van der Waals surface area contributed by atoms with E-state index in [4.69, 9.17) is 5.11 Å². The number of anilines is 1. The quantitative estimate of drug-likeness (QED) is 0.810. The molecule has 0 unspecified atom stereocenters. The molecule has 7 nitrogen and oxygen atoms in total. The number of hydrogen-bond donors (Lipinski definition) is 2. The van der Waals surface area contributed by atoms with E-state index in [1.54, 1.807) is 17.1 Å². The molecule has 1 aliphatic carbocycles. The predicted molar refractivity (Wildman–Crippen MR) is 68.9 cm³/mol. The lowest BCUT2D eigenvalue weighted by Gasteiger charge is -2.20. The molecule has 2 N–H and O–H groups in total. The highest BCUT2D eigenvalue weighted by atomic mass is 16.4. The van der Waals surface area contributed by atoms with Crippen molar-refractivity contribution in [3.05, 3.63) is 12.4 Å². The minimum atomic E-state index is -1.000. The lowest BCUT2D eigenvalue weighted by Crippen LogP contribution is -2.40. The van der Waals surface area contributed by atoms with Gasteiger partial charge >= 0.3 is 12.0 Å². The highest BCUT2D eigenvalue weighted by Gasteiger charge is 2.28. The Morgan fingerprint density at radius 1 is 1.58 bits per heavy atom. The van der Waals surface area contributed by atoms with Gasteiger partial charge in [0, 0.05) is 19.3 Å². The van der Waals surface area contributed by atoms with Crippen molar-refractivity contribution < 1.29 is 14.7 Å². The van der Waals surface area contributed by atoms with E-state index in [1.165, 1.54) is 4.90 Å². The maximum absolute atomic E-state index is 12.0. The number of carbonyl (C=O) groups excluding carboxylic acids is 1. The number of nitrogens with one attached hydrogen (secondary N) is 1. The van der Waals surface area contributed by atoms with Crippen molar-refractivity contribution in [3.63, 3.8) is 0 Å². The molecule has 0 atom stereocenters. The zero-order valence-corrected chi connectivity index (χ0v) is 10.9. The molecule has 7 heteroatoms. The van der Waals surface area contributed by atoms with Gasteiger partial charge in [0.1, 0.15) is 6.54 Å². The molecule has 1 aromatic rings. The minimum Gasteiger partial charge on any atom is -0.480 e. The molecule has 1 aromatic heterocycles. The highest BCUT2D eigenvalue weighted by molar-refractivity contribution is 5.91. The summed E-state index contributed by atoms with van der Waals surface area (Å²) in [5.74, 6) is -0.552. The maximum Gasteiger partial charge on any atom is 0.323 e. The first-order chi connectivity index (χ1) is 9.08. The fourth-order valence-corrected chi connectivity index (χ4v) is 1.80. The van der Waals surface area contributed by atoms with Crippen molar-refractivity contribution >= 4 is 17.7 Å². The van der Waals surface area contributed by atoms with Gasteiger partial charge in [0.05, 0.1) is 11.9 Å². The van der Waals surface area contributed by atoms with Gasteiger partial charge in [-0.25, -0.2) is 4.79 Å².